The molecular formula is C19H17N4O3S-. The van der Waals surface area contributed by atoms with Gasteiger partial charge in [0.05, 0.1) is 18.3 Å². The summed E-state index contributed by atoms with van der Waals surface area (Å²) in [6, 6.07) is 13.8. The summed E-state index contributed by atoms with van der Waals surface area (Å²) in [5.74, 6) is -0.0859. The Kier molecular flexibility index (Phi) is 5.46. The van der Waals surface area contributed by atoms with E-state index in [9.17, 15) is 9.90 Å². The topological polar surface area (TPSA) is 95.3 Å². The van der Waals surface area contributed by atoms with Crippen molar-refractivity contribution >= 4 is 24.4 Å². The van der Waals surface area contributed by atoms with Crippen LogP contribution in [0, 0.1) is 4.77 Å². The van der Waals surface area contributed by atoms with Gasteiger partial charge < -0.3 is 14.6 Å². The Morgan fingerprint density at radius 3 is 2.81 bits per heavy atom. The summed E-state index contributed by atoms with van der Waals surface area (Å²) in [7, 11) is 0. The van der Waals surface area contributed by atoms with E-state index in [0.29, 0.717) is 17.1 Å². The third-order valence-corrected chi connectivity index (χ3v) is 3.87. The van der Waals surface area contributed by atoms with Gasteiger partial charge in [0.25, 0.3) is 0 Å². The van der Waals surface area contributed by atoms with Crippen LogP contribution >= 0.6 is 12.2 Å². The van der Waals surface area contributed by atoms with Crippen molar-refractivity contribution in [3.63, 3.8) is 0 Å². The molecule has 0 amide bonds. The van der Waals surface area contributed by atoms with Gasteiger partial charge in [0, 0.05) is 16.7 Å². The molecule has 1 heterocycles. The molecule has 0 fully saturated rings. The molecule has 1 aromatic heterocycles. The number of aromatic amines is 1. The van der Waals surface area contributed by atoms with Crippen molar-refractivity contribution in [1.82, 2.24) is 14.9 Å². The van der Waals surface area contributed by atoms with Crippen molar-refractivity contribution in [2.45, 2.75) is 20.0 Å². The zero-order valence-corrected chi connectivity index (χ0v) is 15.6. The fourth-order valence-electron chi connectivity index (χ4n) is 2.48. The van der Waals surface area contributed by atoms with Crippen LogP contribution in [0.5, 0.6) is 5.75 Å². The molecule has 0 aliphatic carbocycles. The van der Waals surface area contributed by atoms with Gasteiger partial charge in [-0.2, -0.15) is 14.9 Å². The predicted molar refractivity (Wildman–Crippen MR) is 102 cm³/mol. The van der Waals surface area contributed by atoms with Crippen molar-refractivity contribution in [2.24, 2.45) is 5.10 Å². The van der Waals surface area contributed by atoms with E-state index in [4.69, 9.17) is 17.0 Å². The van der Waals surface area contributed by atoms with E-state index in [1.165, 1.54) is 17.0 Å². The van der Waals surface area contributed by atoms with Crippen molar-refractivity contribution in [3.8, 4) is 17.1 Å². The van der Waals surface area contributed by atoms with E-state index in [-0.39, 0.29) is 16.4 Å². The number of carbonyl (C=O) groups is 1. The second-order valence-electron chi connectivity index (χ2n) is 5.98. The average molecular weight is 381 g/mol. The lowest BCUT2D eigenvalue weighted by atomic mass is 10.1. The molecule has 0 atom stereocenters. The lowest BCUT2D eigenvalue weighted by Gasteiger charge is -2.10. The third-order valence-electron chi connectivity index (χ3n) is 3.61. The minimum absolute atomic E-state index is 0.0419. The summed E-state index contributed by atoms with van der Waals surface area (Å²) >= 11 is 5.25. The van der Waals surface area contributed by atoms with Gasteiger partial charge in [-0.05, 0) is 38.2 Å². The molecule has 0 aliphatic rings. The Labute approximate surface area is 160 Å². The first-order chi connectivity index (χ1) is 13.0. The molecule has 0 radical (unpaired) electrons. The van der Waals surface area contributed by atoms with Crippen LogP contribution in [0.1, 0.15) is 29.8 Å². The van der Waals surface area contributed by atoms with E-state index < -0.39 is 5.97 Å². The van der Waals surface area contributed by atoms with Crippen LogP contribution in [0.2, 0.25) is 0 Å². The van der Waals surface area contributed by atoms with Crippen LogP contribution in [0.25, 0.3) is 11.4 Å². The fraction of sp³-hybridized carbons (Fsp3) is 0.158. The lowest BCUT2D eigenvalue weighted by molar-refractivity contribution is -0.255. The van der Waals surface area contributed by atoms with Gasteiger partial charge in [0.2, 0.25) is 4.77 Å². The summed E-state index contributed by atoms with van der Waals surface area (Å²) in [6.07, 6.45) is 1.45. The summed E-state index contributed by atoms with van der Waals surface area (Å²) in [4.78, 5) is 11.2. The molecular weight excluding hydrogens is 364 g/mol. The Morgan fingerprint density at radius 2 is 2.07 bits per heavy atom. The number of rotatable bonds is 6. The van der Waals surface area contributed by atoms with E-state index in [1.54, 1.807) is 18.2 Å². The number of H-pyrrole nitrogens is 1. The number of nitrogens with zero attached hydrogens (tertiary/aromatic N) is 3. The number of carbonyl (C=O) groups excluding carboxylic acids is 1. The van der Waals surface area contributed by atoms with E-state index in [1.807, 2.05) is 38.1 Å². The number of carboxylic acid groups (broad SMARTS) is 1. The summed E-state index contributed by atoms with van der Waals surface area (Å²) in [5, 5.41) is 22.5. The fourth-order valence-corrected chi connectivity index (χ4v) is 2.66. The predicted octanol–water partition coefficient (Wildman–Crippen LogP) is 2.64. The van der Waals surface area contributed by atoms with Gasteiger partial charge in [-0.25, -0.2) is 5.10 Å². The van der Waals surface area contributed by atoms with Gasteiger partial charge in [-0.3, -0.25) is 0 Å². The molecule has 0 unspecified atom stereocenters. The van der Waals surface area contributed by atoms with Gasteiger partial charge >= 0.3 is 0 Å². The monoisotopic (exact) mass is 381 g/mol. The second-order valence-corrected chi connectivity index (χ2v) is 6.36. The maximum atomic E-state index is 11.2. The molecule has 27 heavy (non-hydrogen) atoms. The van der Waals surface area contributed by atoms with Crippen molar-refractivity contribution in [1.29, 1.82) is 0 Å². The standard InChI is InChI=1S/C19H18N4O3S/c1-12(2)26-15-8-5-7-13(10-15)17-21-22-19(27)23(17)20-11-14-6-3-4-9-16(14)18(24)25/h3-12H,1-2H3,(H,22,27)(H,24,25)/p-1/b20-11-. The Bertz CT molecular complexity index is 1050. The number of aromatic nitrogens is 3. The number of carboxylic acids is 1. The lowest BCUT2D eigenvalue weighted by Crippen LogP contribution is -2.23. The summed E-state index contributed by atoms with van der Waals surface area (Å²) < 4.78 is 7.42. The zero-order chi connectivity index (χ0) is 19.4. The van der Waals surface area contributed by atoms with Gasteiger partial charge in [0.1, 0.15) is 5.75 Å². The number of hydrogen-bond donors (Lipinski definition) is 1. The molecule has 138 valence electrons. The molecule has 0 saturated carbocycles. The maximum absolute atomic E-state index is 11.2. The molecule has 2 aromatic carbocycles. The van der Waals surface area contributed by atoms with E-state index in [0.717, 1.165) is 5.56 Å². The first-order valence-electron chi connectivity index (χ1n) is 8.25. The molecule has 0 spiro atoms. The maximum Gasteiger partial charge on any atom is 0.216 e. The summed E-state index contributed by atoms with van der Waals surface area (Å²) in [5.41, 5.74) is 1.21. The smallest absolute Gasteiger partial charge is 0.216 e. The Morgan fingerprint density at radius 1 is 1.30 bits per heavy atom. The molecule has 0 bridgehead atoms. The SMILES string of the molecule is CC(C)Oc1cccc(-c2n[nH]c(=S)n2/N=C\c2ccccc2C(=O)[O-])c1. The zero-order valence-electron chi connectivity index (χ0n) is 14.7. The quantitative estimate of drug-likeness (QED) is 0.523. The van der Waals surface area contributed by atoms with Crippen molar-refractivity contribution < 1.29 is 14.6 Å². The van der Waals surface area contributed by atoms with Crippen LogP contribution < -0.4 is 9.84 Å². The number of ether oxygens (including phenoxy) is 1. The molecule has 3 rings (SSSR count). The van der Waals surface area contributed by atoms with Gasteiger partial charge in [0.15, 0.2) is 5.82 Å². The highest BCUT2D eigenvalue weighted by Crippen LogP contribution is 2.23. The third kappa shape index (κ3) is 4.29. The number of nitrogens with one attached hydrogen (secondary N) is 1. The average Bonchev–Trinajstić information content (AvgIpc) is 3.00. The highest BCUT2D eigenvalue weighted by Gasteiger charge is 2.10. The molecule has 0 saturated heterocycles. The van der Waals surface area contributed by atoms with Gasteiger partial charge in [-0.1, -0.05) is 36.4 Å². The first kappa shape index (κ1) is 18.5. The van der Waals surface area contributed by atoms with Crippen molar-refractivity contribution in [2.75, 3.05) is 0 Å². The normalized spacial score (nSPS) is 11.2. The van der Waals surface area contributed by atoms with E-state index in [2.05, 4.69) is 15.3 Å². The molecule has 1 N–H and O–H groups in total. The van der Waals surface area contributed by atoms with Gasteiger partial charge in [-0.15, -0.1) is 0 Å². The largest absolute Gasteiger partial charge is 0.545 e. The van der Waals surface area contributed by atoms with Crippen LogP contribution in [-0.2, 0) is 0 Å². The van der Waals surface area contributed by atoms with Crippen LogP contribution in [0.15, 0.2) is 53.6 Å². The van der Waals surface area contributed by atoms with E-state index >= 15 is 0 Å². The van der Waals surface area contributed by atoms with Crippen LogP contribution in [0.3, 0.4) is 0 Å². The minimum Gasteiger partial charge on any atom is -0.545 e. The highest BCUT2D eigenvalue weighted by atomic mass is 32.1. The van der Waals surface area contributed by atoms with Crippen molar-refractivity contribution in [3.05, 3.63) is 64.4 Å². The van der Waals surface area contributed by atoms with Crippen LogP contribution in [-0.4, -0.2) is 33.2 Å². The Balaban J connectivity index is 1.99. The number of benzene rings is 2. The first-order valence-corrected chi connectivity index (χ1v) is 8.66. The van der Waals surface area contributed by atoms with Crippen LogP contribution in [0.4, 0.5) is 0 Å². The second kappa shape index (κ2) is 7.96. The highest BCUT2D eigenvalue weighted by molar-refractivity contribution is 7.71. The molecule has 0 aliphatic heterocycles. The molecule has 8 heteroatoms. The number of aromatic carboxylic acids is 1. The Hall–Kier alpha value is -3.26. The summed E-state index contributed by atoms with van der Waals surface area (Å²) in [6.45, 7) is 3.89. The minimum atomic E-state index is -1.27. The molecule has 3 aromatic rings. The number of hydrogen-bond acceptors (Lipinski definition) is 6. The molecule has 7 nitrogen and oxygen atoms in total.